The van der Waals surface area contributed by atoms with Crippen molar-refractivity contribution in [2.24, 2.45) is 0 Å². The third-order valence-corrected chi connectivity index (χ3v) is 7.18. The number of carbonyl (C=O) groups is 2. The molecule has 0 aliphatic heterocycles. The van der Waals surface area contributed by atoms with E-state index < -0.39 is 17.8 Å². The molecule has 5 rings (SSSR count). The summed E-state index contributed by atoms with van der Waals surface area (Å²) in [6, 6.07) is 19.3. The van der Waals surface area contributed by atoms with Crippen LogP contribution in [0.5, 0.6) is 0 Å². The molecular weight excluding hydrogens is 563 g/mol. The molecule has 5 aromatic rings. The molecule has 2 heterocycles. The molecular formula is C31H24F3N5O2S. The number of anilines is 3. The van der Waals surface area contributed by atoms with Gasteiger partial charge in [0.25, 0.3) is 5.91 Å². The highest BCUT2D eigenvalue weighted by molar-refractivity contribution is 7.10. The van der Waals surface area contributed by atoms with Gasteiger partial charge in [-0.2, -0.15) is 13.2 Å². The van der Waals surface area contributed by atoms with Crippen LogP contribution in [0.25, 0.3) is 11.3 Å². The first-order valence-electron chi connectivity index (χ1n) is 12.7. The number of amides is 3. The molecule has 11 heteroatoms. The normalized spacial score (nSPS) is 11.1. The van der Waals surface area contributed by atoms with Crippen LogP contribution in [0.4, 0.5) is 35.0 Å². The van der Waals surface area contributed by atoms with E-state index in [9.17, 15) is 22.8 Å². The molecule has 0 saturated carbocycles. The number of pyridine rings is 1. The first-order valence-corrected chi connectivity index (χ1v) is 13.6. The Morgan fingerprint density at radius 1 is 0.857 bits per heavy atom. The van der Waals surface area contributed by atoms with E-state index in [-0.39, 0.29) is 11.6 Å². The molecule has 0 unspecified atom stereocenters. The number of nitrogens with zero attached hydrogens (tertiary/aromatic N) is 2. The predicted molar refractivity (Wildman–Crippen MR) is 158 cm³/mol. The number of alkyl halides is 3. The van der Waals surface area contributed by atoms with Gasteiger partial charge in [-0.25, -0.2) is 9.78 Å². The Morgan fingerprint density at radius 3 is 2.17 bits per heavy atom. The molecule has 0 saturated heterocycles. The largest absolute Gasteiger partial charge is 0.416 e. The fourth-order valence-electron chi connectivity index (χ4n) is 4.09. The summed E-state index contributed by atoms with van der Waals surface area (Å²) >= 11 is 1.57. The van der Waals surface area contributed by atoms with E-state index in [1.54, 1.807) is 48.0 Å². The Hall–Kier alpha value is -5.03. The van der Waals surface area contributed by atoms with Gasteiger partial charge in [0.05, 0.1) is 16.3 Å². The molecule has 0 fully saturated rings. The molecule has 2 aromatic heterocycles. The molecule has 0 bridgehead atoms. The first-order chi connectivity index (χ1) is 20.1. The monoisotopic (exact) mass is 587 g/mol. The Kier molecular flexibility index (Phi) is 8.30. The van der Waals surface area contributed by atoms with Gasteiger partial charge >= 0.3 is 12.2 Å². The quantitative estimate of drug-likeness (QED) is 0.180. The number of aryl methyl sites for hydroxylation is 1. The topological polar surface area (TPSA) is 96.0 Å². The SMILES string of the molecule is Cc1ccc(NC(=O)c2ccc(NC(=O)Nc3ccc(C(F)(F)F)cc3)cc2)cc1Cc1nc(-c2cccnc2)cs1. The number of hydrogen-bond donors (Lipinski definition) is 3. The molecule has 3 N–H and O–H groups in total. The molecule has 0 atom stereocenters. The summed E-state index contributed by atoms with van der Waals surface area (Å²) in [6.45, 7) is 2.01. The highest BCUT2D eigenvalue weighted by Crippen LogP contribution is 2.30. The maximum absolute atomic E-state index is 12.9. The van der Waals surface area contributed by atoms with E-state index in [1.807, 2.05) is 42.6 Å². The van der Waals surface area contributed by atoms with E-state index >= 15 is 0 Å². The summed E-state index contributed by atoms with van der Waals surface area (Å²) in [5.74, 6) is -0.321. The van der Waals surface area contributed by atoms with Crippen LogP contribution in [0.1, 0.15) is 32.1 Å². The average molecular weight is 588 g/mol. The van der Waals surface area contributed by atoms with Crippen LogP contribution >= 0.6 is 11.3 Å². The summed E-state index contributed by atoms with van der Waals surface area (Å²) in [7, 11) is 0. The number of nitrogens with one attached hydrogen (secondary N) is 3. The third kappa shape index (κ3) is 7.18. The molecule has 42 heavy (non-hydrogen) atoms. The Balaban J connectivity index is 1.18. The number of rotatable bonds is 7. The standard InChI is InChI=1S/C31H24F3N5O2S/c1-19-4-9-26(15-22(19)16-28-39-27(18-42-28)21-3-2-14-35-17-21)36-29(40)20-5-10-24(11-6-20)37-30(41)38-25-12-7-23(8-13-25)31(32,33)34/h2-15,17-18H,16H2,1H3,(H,36,40)(H2,37,38,41). The van der Waals surface area contributed by atoms with Crippen molar-refractivity contribution < 1.29 is 22.8 Å². The zero-order chi connectivity index (χ0) is 29.7. The number of carbonyl (C=O) groups excluding carboxylic acids is 2. The third-order valence-electron chi connectivity index (χ3n) is 6.33. The molecule has 3 aromatic carbocycles. The average Bonchev–Trinajstić information content (AvgIpc) is 3.44. The van der Waals surface area contributed by atoms with E-state index in [0.29, 0.717) is 23.4 Å². The second-order valence-electron chi connectivity index (χ2n) is 9.37. The number of aromatic nitrogens is 2. The van der Waals surface area contributed by atoms with Crippen molar-refractivity contribution in [3.8, 4) is 11.3 Å². The number of hydrogen-bond acceptors (Lipinski definition) is 5. The predicted octanol–water partition coefficient (Wildman–Crippen LogP) is 8.02. The van der Waals surface area contributed by atoms with Crippen LogP contribution < -0.4 is 16.0 Å². The molecule has 3 amide bonds. The molecule has 0 aliphatic carbocycles. The Bertz CT molecular complexity index is 1700. The highest BCUT2D eigenvalue weighted by atomic mass is 32.1. The lowest BCUT2D eigenvalue weighted by Gasteiger charge is -2.11. The molecule has 0 spiro atoms. The summed E-state index contributed by atoms with van der Waals surface area (Å²) in [5, 5.41) is 10.9. The maximum Gasteiger partial charge on any atom is 0.416 e. The molecule has 7 nitrogen and oxygen atoms in total. The van der Waals surface area contributed by atoms with E-state index in [2.05, 4.69) is 20.9 Å². The number of thiazole rings is 1. The van der Waals surface area contributed by atoms with Gasteiger partial charge in [-0.15, -0.1) is 11.3 Å². The second kappa shape index (κ2) is 12.2. The van der Waals surface area contributed by atoms with Crippen molar-refractivity contribution in [2.75, 3.05) is 16.0 Å². The minimum atomic E-state index is -4.45. The maximum atomic E-state index is 12.9. The van der Waals surface area contributed by atoms with Crippen molar-refractivity contribution in [1.29, 1.82) is 0 Å². The summed E-state index contributed by atoms with van der Waals surface area (Å²) in [4.78, 5) is 34.0. The minimum absolute atomic E-state index is 0.206. The molecule has 212 valence electrons. The second-order valence-corrected chi connectivity index (χ2v) is 10.3. The van der Waals surface area contributed by atoms with Gasteiger partial charge < -0.3 is 16.0 Å². The van der Waals surface area contributed by atoms with E-state index in [4.69, 9.17) is 4.98 Å². The van der Waals surface area contributed by atoms with Gasteiger partial charge in [-0.1, -0.05) is 6.07 Å². The molecule has 0 aliphatic rings. The first kappa shape index (κ1) is 28.5. The Labute approximate surface area is 243 Å². The molecule has 0 radical (unpaired) electrons. The van der Waals surface area contributed by atoms with Crippen LogP contribution in [0, 0.1) is 6.92 Å². The minimum Gasteiger partial charge on any atom is -0.322 e. The van der Waals surface area contributed by atoms with Crippen LogP contribution in [0.2, 0.25) is 0 Å². The fourth-order valence-corrected chi connectivity index (χ4v) is 4.91. The fraction of sp³-hybridized carbons (Fsp3) is 0.0968. The van der Waals surface area contributed by atoms with Crippen molar-refractivity contribution in [3.05, 3.63) is 124 Å². The summed E-state index contributed by atoms with van der Waals surface area (Å²) in [6.07, 6.45) is -0.334. The number of halogens is 3. The van der Waals surface area contributed by atoms with Gasteiger partial charge in [0, 0.05) is 52.4 Å². The van der Waals surface area contributed by atoms with Gasteiger partial charge in [-0.3, -0.25) is 9.78 Å². The van der Waals surface area contributed by atoms with E-state index in [1.165, 1.54) is 12.1 Å². The smallest absolute Gasteiger partial charge is 0.322 e. The zero-order valence-electron chi connectivity index (χ0n) is 22.2. The lowest BCUT2D eigenvalue weighted by atomic mass is 10.0. The van der Waals surface area contributed by atoms with Crippen molar-refractivity contribution in [1.82, 2.24) is 9.97 Å². The highest BCUT2D eigenvalue weighted by Gasteiger charge is 2.30. The van der Waals surface area contributed by atoms with Crippen LogP contribution in [0.3, 0.4) is 0 Å². The Morgan fingerprint density at radius 2 is 1.52 bits per heavy atom. The van der Waals surface area contributed by atoms with Gasteiger partial charge in [0.2, 0.25) is 0 Å². The van der Waals surface area contributed by atoms with Crippen LogP contribution in [-0.2, 0) is 12.6 Å². The van der Waals surface area contributed by atoms with Crippen molar-refractivity contribution in [3.63, 3.8) is 0 Å². The van der Waals surface area contributed by atoms with Crippen molar-refractivity contribution >= 4 is 40.3 Å². The van der Waals surface area contributed by atoms with Gasteiger partial charge in [0.15, 0.2) is 0 Å². The summed E-state index contributed by atoms with van der Waals surface area (Å²) in [5.41, 5.74) is 4.78. The van der Waals surface area contributed by atoms with Crippen LogP contribution in [0.15, 0.2) is 96.6 Å². The summed E-state index contributed by atoms with van der Waals surface area (Å²) < 4.78 is 38.1. The van der Waals surface area contributed by atoms with Crippen LogP contribution in [-0.4, -0.2) is 21.9 Å². The lowest BCUT2D eigenvalue weighted by Crippen LogP contribution is -2.19. The number of benzene rings is 3. The number of urea groups is 1. The van der Waals surface area contributed by atoms with Gasteiger partial charge in [0.1, 0.15) is 0 Å². The van der Waals surface area contributed by atoms with Crippen molar-refractivity contribution in [2.45, 2.75) is 19.5 Å². The van der Waals surface area contributed by atoms with E-state index in [0.717, 1.165) is 39.5 Å². The lowest BCUT2D eigenvalue weighted by molar-refractivity contribution is -0.137. The van der Waals surface area contributed by atoms with Gasteiger partial charge in [-0.05, 0) is 90.8 Å². The zero-order valence-corrected chi connectivity index (χ0v) is 23.0.